The van der Waals surface area contributed by atoms with Gasteiger partial charge in [-0.3, -0.25) is 4.79 Å². The first-order valence-corrected chi connectivity index (χ1v) is 5.78. The molecule has 3 nitrogen and oxygen atoms in total. The van der Waals surface area contributed by atoms with Crippen molar-refractivity contribution < 1.29 is 9.21 Å². The highest BCUT2D eigenvalue weighted by Crippen LogP contribution is 2.38. The highest BCUT2D eigenvalue weighted by molar-refractivity contribution is 5.92. The van der Waals surface area contributed by atoms with E-state index in [4.69, 9.17) is 4.42 Å². The Labute approximate surface area is 94.7 Å². The van der Waals surface area contributed by atoms with Crippen LogP contribution in [0.5, 0.6) is 0 Å². The van der Waals surface area contributed by atoms with Gasteiger partial charge in [0.05, 0.1) is 6.26 Å². The Kier molecular flexibility index (Phi) is 2.13. The summed E-state index contributed by atoms with van der Waals surface area (Å²) in [5, 5.41) is 0. The fraction of sp³-hybridized carbons (Fsp3) is 0.462. The minimum Gasteiger partial charge on any atom is -0.459 e. The smallest absolute Gasteiger partial charge is 0.290 e. The molecule has 0 spiro atoms. The van der Waals surface area contributed by atoms with Crippen molar-refractivity contribution in [3.63, 3.8) is 0 Å². The maximum Gasteiger partial charge on any atom is 0.290 e. The monoisotopic (exact) mass is 217 g/mol. The van der Waals surface area contributed by atoms with Gasteiger partial charge in [0.25, 0.3) is 5.91 Å². The second-order valence-electron chi connectivity index (χ2n) is 4.73. The highest BCUT2D eigenvalue weighted by Gasteiger charge is 2.41. The van der Waals surface area contributed by atoms with Crippen molar-refractivity contribution >= 4 is 5.91 Å². The molecule has 16 heavy (non-hydrogen) atoms. The standard InChI is InChI=1S/C13H15NO2/c1-9-7-10-4-5-11(8-9)14(10)13(15)12-3-2-6-16-12/h2-3,6,10-11H,1,4-5,7-8H2. The van der Waals surface area contributed by atoms with Crippen molar-refractivity contribution in [3.8, 4) is 0 Å². The number of carbonyl (C=O) groups excluding carboxylic acids is 1. The zero-order chi connectivity index (χ0) is 11.1. The van der Waals surface area contributed by atoms with Crippen LogP contribution in [0.3, 0.4) is 0 Å². The van der Waals surface area contributed by atoms with Gasteiger partial charge in [-0.15, -0.1) is 0 Å². The van der Waals surface area contributed by atoms with Crippen LogP contribution in [0, 0.1) is 0 Å². The molecule has 0 saturated carbocycles. The van der Waals surface area contributed by atoms with Crippen LogP contribution < -0.4 is 0 Å². The molecule has 3 heteroatoms. The van der Waals surface area contributed by atoms with Gasteiger partial charge < -0.3 is 9.32 Å². The summed E-state index contributed by atoms with van der Waals surface area (Å²) in [6, 6.07) is 4.20. The summed E-state index contributed by atoms with van der Waals surface area (Å²) in [6.07, 6.45) is 5.69. The van der Waals surface area contributed by atoms with Crippen LogP contribution in [-0.2, 0) is 0 Å². The number of hydrogen-bond donors (Lipinski definition) is 0. The summed E-state index contributed by atoms with van der Waals surface area (Å²) < 4.78 is 5.19. The minimum absolute atomic E-state index is 0.0463. The molecule has 1 aromatic rings. The molecule has 84 valence electrons. The molecule has 2 bridgehead atoms. The third-order valence-electron chi connectivity index (χ3n) is 3.63. The third-order valence-corrected chi connectivity index (χ3v) is 3.63. The van der Waals surface area contributed by atoms with E-state index >= 15 is 0 Å². The Hall–Kier alpha value is -1.51. The fourth-order valence-corrected chi connectivity index (χ4v) is 2.97. The topological polar surface area (TPSA) is 33.5 Å². The molecule has 0 radical (unpaired) electrons. The number of carbonyl (C=O) groups is 1. The minimum atomic E-state index is 0.0463. The van der Waals surface area contributed by atoms with Crippen molar-refractivity contribution in [1.82, 2.24) is 4.90 Å². The number of amides is 1. The first-order chi connectivity index (χ1) is 7.75. The van der Waals surface area contributed by atoms with Crippen LogP contribution in [0.4, 0.5) is 0 Å². The lowest BCUT2D eigenvalue weighted by Gasteiger charge is -2.35. The number of piperidine rings is 1. The second-order valence-corrected chi connectivity index (χ2v) is 4.73. The van der Waals surface area contributed by atoms with Gasteiger partial charge in [-0.1, -0.05) is 12.2 Å². The van der Waals surface area contributed by atoms with E-state index in [9.17, 15) is 4.79 Å². The Morgan fingerprint density at radius 2 is 2.06 bits per heavy atom. The van der Waals surface area contributed by atoms with Gasteiger partial charge in [-0.05, 0) is 37.8 Å². The Balaban J connectivity index is 1.86. The van der Waals surface area contributed by atoms with Crippen molar-refractivity contribution in [2.24, 2.45) is 0 Å². The zero-order valence-corrected chi connectivity index (χ0v) is 9.19. The molecule has 2 atom stereocenters. The molecule has 0 aliphatic carbocycles. The summed E-state index contributed by atoms with van der Waals surface area (Å²) >= 11 is 0. The Bertz CT molecular complexity index is 405. The van der Waals surface area contributed by atoms with Gasteiger partial charge in [0.15, 0.2) is 5.76 Å². The van der Waals surface area contributed by atoms with Crippen LogP contribution >= 0.6 is 0 Å². The summed E-state index contributed by atoms with van der Waals surface area (Å²) in [5.41, 5.74) is 1.29. The summed E-state index contributed by atoms with van der Waals surface area (Å²) in [4.78, 5) is 14.2. The van der Waals surface area contributed by atoms with Crippen LogP contribution in [-0.4, -0.2) is 22.9 Å². The fourth-order valence-electron chi connectivity index (χ4n) is 2.97. The van der Waals surface area contributed by atoms with E-state index < -0.39 is 0 Å². The average molecular weight is 217 g/mol. The van der Waals surface area contributed by atoms with Gasteiger partial charge in [-0.2, -0.15) is 0 Å². The maximum absolute atomic E-state index is 12.2. The van der Waals surface area contributed by atoms with E-state index in [2.05, 4.69) is 6.58 Å². The van der Waals surface area contributed by atoms with E-state index in [1.54, 1.807) is 18.4 Å². The normalized spacial score (nSPS) is 28.5. The average Bonchev–Trinajstić information content (AvgIpc) is 2.85. The van der Waals surface area contributed by atoms with E-state index in [1.165, 1.54) is 5.57 Å². The number of rotatable bonds is 1. The zero-order valence-electron chi connectivity index (χ0n) is 9.19. The number of hydrogen-bond acceptors (Lipinski definition) is 2. The summed E-state index contributed by atoms with van der Waals surface area (Å²) in [5.74, 6) is 0.509. The molecule has 0 aromatic carbocycles. The molecule has 2 unspecified atom stereocenters. The lowest BCUT2D eigenvalue weighted by Crippen LogP contribution is -2.44. The summed E-state index contributed by atoms with van der Waals surface area (Å²) in [7, 11) is 0. The first kappa shape index (κ1) is 9.70. The number of fused-ring (bicyclic) bond motifs is 2. The lowest BCUT2D eigenvalue weighted by atomic mass is 9.98. The first-order valence-electron chi connectivity index (χ1n) is 5.78. The van der Waals surface area contributed by atoms with Crippen LogP contribution in [0.2, 0.25) is 0 Å². The molecular formula is C13H15NO2. The van der Waals surface area contributed by atoms with Crippen molar-refractivity contribution in [2.45, 2.75) is 37.8 Å². The van der Waals surface area contributed by atoms with Crippen molar-refractivity contribution in [2.75, 3.05) is 0 Å². The molecule has 1 amide bonds. The lowest BCUT2D eigenvalue weighted by molar-refractivity contribution is 0.0602. The van der Waals surface area contributed by atoms with E-state index in [0.717, 1.165) is 25.7 Å². The van der Waals surface area contributed by atoms with Crippen molar-refractivity contribution in [3.05, 3.63) is 36.3 Å². The van der Waals surface area contributed by atoms with Crippen molar-refractivity contribution in [1.29, 1.82) is 0 Å². The molecule has 2 saturated heterocycles. The molecular weight excluding hydrogens is 202 g/mol. The molecule has 3 rings (SSSR count). The molecule has 0 N–H and O–H groups in total. The largest absolute Gasteiger partial charge is 0.459 e. The quantitative estimate of drug-likeness (QED) is 0.677. The van der Waals surface area contributed by atoms with E-state index in [0.29, 0.717) is 17.8 Å². The van der Waals surface area contributed by atoms with E-state index in [1.807, 2.05) is 4.90 Å². The number of nitrogens with zero attached hydrogens (tertiary/aromatic N) is 1. The van der Waals surface area contributed by atoms with Crippen LogP contribution in [0.15, 0.2) is 35.0 Å². The molecule has 2 aliphatic rings. The van der Waals surface area contributed by atoms with Crippen LogP contribution in [0.25, 0.3) is 0 Å². The molecule has 3 heterocycles. The molecule has 2 fully saturated rings. The second kappa shape index (κ2) is 3.51. The number of furan rings is 1. The van der Waals surface area contributed by atoms with Gasteiger partial charge >= 0.3 is 0 Å². The van der Waals surface area contributed by atoms with Gasteiger partial charge in [-0.25, -0.2) is 0 Å². The summed E-state index contributed by atoms with van der Waals surface area (Å²) in [6.45, 7) is 4.05. The predicted molar refractivity (Wildman–Crippen MR) is 60.1 cm³/mol. The van der Waals surface area contributed by atoms with Gasteiger partial charge in [0, 0.05) is 12.1 Å². The Morgan fingerprint density at radius 1 is 1.38 bits per heavy atom. The van der Waals surface area contributed by atoms with Gasteiger partial charge in [0.1, 0.15) is 0 Å². The van der Waals surface area contributed by atoms with Gasteiger partial charge in [0.2, 0.25) is 0 Å². The Morgan fingerprint density at radius 3 is 2.62 bits per heavy atom. The van der Waals surface area contributed by atoms with E-state index in [-0.39, 0.29) is 5.91 Å². The third kappa shape index (κ3) is 1.39. The van der Waals surface area contributed by atoms with Crippen LogP contribution in [0.1, 0.15) is 36.2 Å². The predicted octanol–water partition coefficient (Wildman–Crippen LogP) is 2.60. The maximum atomic E-state index is 12.2. The highest BCUT2D eigenvalue weighted by atomic mass is 16.3. The molecule has 2 aliphatic heterocycles. The molecule has 1 aromatic heterocycles. The SMILES string of the molecule is C=C1CC2CCC(C1)N2C(=O)c1ccco1.